The van der Waals surface area contributed by atoms with Gasteiger partial charge >= 0.3 is 6.03 Å². The number of hydrogen-bond donors (Lipinski definition) is 4. The zero-order valence-corrected chi connectivity index (χ0v) is 29.4. The van der Waals surface area contributed by atoms with E-state index in [1.807, 2.05) is 42.5 Å². The van der Waals surface area contributed by atoms with Crippen LogP contribution in [-0.4, -0.2) is 65.7 Å². The summed E-state index contributed by atoms with van der Waals surface area (Å²) >= 11 is 7.08. The highest BCUT2D eigenvalue weighted by atomic mass is 79.9. The number of unbranched alkanes of at least 4 members (excludes halogenated alkanes) is 2. The molecule has 0 saturated carbocycles. The van der Waals surface area contributed by atoms with Crippen molar-refractivity contribution in [3.05, 3.63) is 68.1 Å². The molecule has 0 unspecified atom stereocenters. The Morgan fingerprint density at radius 2 is 1.16 bits per heavy atom. The Balaban J connectivity index is 2.07. The number of carbonyl (C=O) groups is 3. The van der Waals surface area contributed by atoms with E-state index in [4.69, 9.17) is 22.9 Å². The molecule has 1 aliphatic rings. The largest absolute Gasteiger partial charge is 0.370 e. The van der Waals surface area contributed by atoms with Crippen molar-refractivity contribution in [2.24, 2.45) is 38.3 Å². The maximum Gasteiger partial charge on any atom is 0.333 e. The third-order valence-corrected chi connectivity index (χ3v) is 8.61. The predicted molar refractivity (Wildman–Crippen MR) is 185 cm³/mol. The van der Waals surface area contributed by atoms with Crippen molar-refractivity contribution in [2.75, 3.05) is 26.2 Å². The minimum absolute atomic E-state index is 0.0192. The number of halogens is 2. The standard InChI is InChI=1S/C32H44Br2N8O3/c1-31(2,3)23-10-8-21(9-11-23)19-32(20-22-16-24(33)18-25(34)17-22)26(43)41(14-6-4-12-39-28(35)36)30(45)42(27(32)44)15-7-5-13-40-29(37)38/h8-11,16-18H,4-7,12-15,19-20H2,1-3H3,(H4,35,36,39)(H4,37,38,40). The minimum atomic E-state index is -1.56. The molecular weight excluding hydrogens is 704 g/mol. The molecule has 0 radical (unpaired) electrons. The number of hydrogen-bond acceptors (Lipinski definition) is 5. The highest BCUT2D eigenvalue weighted by molar-refractivity contribution is 9.11. The van der Waals surface area contributed by atoms with Gasteiger partial charge in [0.1, 0.15) is 5.41 Å². The molecule has 0 aromatic heterocycles. The molecule has 13 heteroatoms. The van der Waals surface area contributed by atoms with Gasteiger partial charge in [-0.3, -0.25) is 29.4 Å². The molecule has 0 bridgehead atoms. The average Bonchev–Trinajstić information content (AvgIpc) is 2.94. The van der Waals surface area contributed by atoms with Crippen LogP contribution in [-0.2, 0) is 27.8 Å². The van der Waals surface area contributed by atoms with Crippen LogP contribution in [0.1, 0.15) is 63.1 Å². The molecule has 2 aromatic rings. The molecule has 0 aliphatic carbocycles. The van der Waals surface area contributed by atoms with E-state index in [-0.39, 0.29) is 43.3 Å². The number of aliphatic imine (C=N–C) groups is 2. The Bertz CT molecular complexity index is 1360. The first kappa shape index (κ1) is 36.0. The van der Waals surface area contributed by atoms with Gasteiger partial charge in [-0.25, -0.2) is 4.79 Å². The molecule has 1 aliphatic heterocycles. The van der Waals surface area contributed by atoms with E-state index in [1.165, 1.54) is 9.80 Å². The predicted octanol–water partition coefficient (Wildman–Crippen LogP) is 4.18. The summed E-state index contributed by atoms with van der Waals surface area (Å²) in [5, 5.41) is 0. The smallest absolute Gasteiger partial charge is 0.333 e. The molecule has 1 heterocycles. The number of amides is 4. The van der Waals surface area contributed by atoms with Gasteiger partial charge in [0.15, 0.2) is 11.9 Å². The Hall–Kier alpha value is -3.45. The fourth-order valence-electron chi connectivity index (χ4n) is 5.40. The second-order valence-electron chi connectivity index (χ2n) is 12.4. The van der Waals surface area contributed by atoms with Crippen LogP contribution in [0.3, 0.4) is 0 Å². The molecule has 2 aromatic carbocycles. The van der Waals surface area contributed by atoms with Gasteiger partial charge in [-0.2, -0.15) is 0 Å². The van der Waals surface area contributed by atoms with Crippen LogP contribution in [0.15, 0.2) is 61.4 Å². The molecule has 1 fully saturated rings. The fourth-order valence-corrected chi connectivity index (χ4v) is 6.79. The summed E-state index contributed by atoms with van der Waals surface area (Å²) < 4.78 is 1.60. The number of urea groups is 1. The van der Waals surface area contributed by atoms with E-state index in [1.54, 1.807) is 0 Å². The van der Waals surface area contributed by atoms with Gasteiger partial charge in [0.25, 0.3) is 0 Å². The highest BCUT2D eigenvalue weighted by Crippen LogP contribution is 2.39. The number of imide groups is 2. The second kappa shape index (κ2) is 15.7. The Morgan fingerprint density at radius 3 is 1.58 bits per heavy atom. The number of carbonyl (C=O) groups excluding carboxylic acids is 3. The summed E-state index contributed by atoms with van der Waals surface area (Å²) in [6.07, 6.45) is 2.29. The van der Waals surface area contributed by atoms with Gasteiger partial charge < -0.3 is 22.9 Å². The second-order valence-corrected chi connectivity index (χ2v) is 14.2. The first-order valence-corrected chi connectivity index (χ1v) is 16.6. The maximum atomic E-state index is 14.6. The Kier molecular flexibility index (Phi) is 12.6. The van der Waals surface area contributed by atoms with Gasteiger partial charge in [0.2, 0.25) is 11.8 Å². The van der Waals surface area contributed by atoms with Gasteiger partial charge in [-0.1, -0.05) is 76.9 Å². The zero-order valence-electron chi connectivity index (χ0n) is 26.2. The summed E-state index contributed by atoms with van der Waals surface area (Å²) in [6, 6.07) is 13.1. The van der Waals surface area contributed by atoms with Crippen molar-refractivity contribution in [2.45, 2.75) is 64.7 Å². The summed E-state index contributed by atoms with van der Waals surface area (Å²) in [5.41, 5.74) is 22.9. The normalized spacial score (nSPS) is 14.9. The first-order chi connectivity index (χ1) is 21.1. The lowest BCUT2D eigenvalue weighted by Gasteiger charge is -2.44. The van der Waals surface area contributed by atoms with Gasteiger partial charge in [-0.15, -0.1) is 0 Å². The maximum absolute atomic E-state index is 14.6. The topological polar surface area (TPSA) is 186 Å². The van der Waals surface area contributed by atoms with Crippen molar-refractivity contribution < 1.29 is 14.4 Å². The van der Waals surface area contributed by atoms with Crippen LogP contribution < -0.4 is 22.9 Å². The summed E-state index contributed by atoms with van der Waals surface area (Å²) in [7, 11) is 0. The van der Waals surface area contributed by atoms with E-state index in [9.17, 15) is 14.4 Å². The number of rotatable bonds is 14. The van der Waals surface area contributed by atoms with Gasteiger partial charge in [-0.05, 0) is 78.8 Å². The number of guanidine groups is 2. The van der Waals surface area contributed by atoms with Gasteiger partial charge in [0, 0.05) is 35.1 Å². The number of benzene rings is 2. The van der Waals surface area contributed by atoms with Crippen molar-refractivity contribution in [1.82, 2.24) is 9.80 Å². The van der Waals surface area contributed by atoms with Crippen molar-refractivity contribution in [1.29, 1.82) is 0 Å². The Morgan fingerprint density at radius 1 is 0.711 bits per heavy atom. The van der Waals surface area contributed by atoms with E-state index in [2.05, 4.69) is 62.6 Å². The van der Waals surface area contributed by atoms with Gasteiger partial charge in [0.05, 0.1) is 0 Å². The summed E-state index contributed by atoms with van der Waals surface area (Å²) in [6.45, 7) is 7.37. The highest BCUT2D eigenvalue weighted by Gasteiger charge is 2.56. The van der Waals surface area contributed by atoms with Crippen LogP contribution in [0.5, 0.6) is 0 Å². The lowest BCUT2D eigenvalue weighted by molar-refractivity contribution is -0.159. The molecule has 244 valence electrons. The van der Waals surface area contributed by atoms with Crippen LogP contribution in [0.2, 0.25) is 0 Å². The summed E-state index contributed by atoms with van der Waals surface area (Å²) in [4.78, 5) is 53.4. The minimum Gasteiger partial charge on any atom is -0.370 e. The quantitative estimate of drug-likeness (QED) is 0.0966. The lowest BCUT2D eigenvalue weighted by Crippen LogP contribution is -2.66. The molecule has 0 spiro atoms. The summed E-state index contributed by atoms with van der Waals surface area (Å²) in [5.74, 6) is -1.05. The fraction of sp³-hybridized carbons (Fsp3) is 0.469. The van der Waals surface area contributed by atoms with Crippen molar-refractivity contribution >= 4 is 61.6 Å². The number of nitrogens with two attached hydrogens (primary N) is 4. The van der Waals surface area contributed by atoms with Crippen LogP contribution in [0.25, 0.3) is 0 Å². The zero-order chi connectivity index (χ0) is 33.4. The van der Waals surface area contributed by atoms with Crippen LogP contribution in [0.4, 0.5) is 4.79 Å². The number of barbiturate groups is 1. The Labute approximate surface area is 282 Å². The monoisotopic (exact) mass is 746 g/mol. The third kappa shape index (κ3) is 9.77. The van der Waals surface area contributed by atoms with Crippen molar-refractivity contribution in [3.63, 3.8) is 0 Å². The van der Waals surface area contributed by atoms with Crippen LogP contribution in [0, 0.1) is 5.41 Å². The number of nitrogens with zero attached hydrogens (tertiary/aromatic N) is 4. The molecular formula is C32H44Br2N8O3. The van der Waals surface area contributed by atoms with E-state index < -0.39 is 23.3 Å². The SMILES string of the molecule is CC(C)(C)c1ccc(CC2(Cc3cc(Br)cc(Br)c3)C(=O)N(CCCCN=C(N)N)C(=O)N(CCCCN=C(N)N)C2=O)cc1. The van der Waals surface area contributed by atoms with Crippen molar-refractivity contribution in [3.8, 4) is 0 Å². The molecule has 11 nitrogen and oxygen atoms in total. The van der Waals surface area contributed by atoms with Crippen LogP contribution >= 0.6 is 31.9 Å². The molecule has 0 atom stereocenters. The molecule has 3 rings (SSSR count). The lowest BCUT2D eigenvalue weighted by atomic mass is 9.72. The van der Waals surface area contributed by atoms with E-state index in [0.29, 0.717) is 38.8 Å². The average molecular weight is 749 g/mol. The molecule has 1 saturated heterocycles. The van der Waals surface area contributed by atoms with E-state index in [0.717, 1.165) is 25.6 Å². The van der Waals surface area contributed by atoms with E-state index >= 15 is 0 Å². The third-order valence-electron chi connectivity index (χ3n) is 7.69. The first-order valence-electron chi connectivity index (χ1n) is 15.0. The molecule has 4 amide bonds. The molecule has 8 N–H and O–H groups in total. The molecule has 45 heavy (non-hydrogen) atoms.